The third kappa shape index (κ3) is 5.24. The molecule has 1 N–H and O–H groups in total. The van der Waals surface area contributed by atoms with Crippen molar-refractivity contribution < 1.29 is 13.9 Å². The van der Waals surface area contributed by atoms with E-state index in [4.69, 9.17) is 4.74 Å². The van der Waals surface area contributed by atoms with Gasteiger partial charge < -0.3 is 10.1 Å². The average molecular weight is 367 g/mol. The molecule has 0 atom stereocenters. The Kier molecular flexibility index (Phi) is 5.94. The molecule has 0 unspecified atom stereocenters. The van der Waals surface area contributed by atoms with Crippen molar-refractivity contribution in [2.45, 2.75) is 6.54 Å². The van der Waals surface area contributed by atoms with E-state index in [1.807, 2.05) is 30.3 Å². The van der Waals surface area contributed by atoms with E-state index in [0.29, 0.717) is 18.0 Å². The molecule has 0 aliphatic rings. The van der Waals surface area contributed by atoms with Crippen LogP contribution >= 0.6 is 0 Å². The number of nitrogens with one attached hydrogen (secondary N) is 1. The molecule has 7 heteroatoms. The quantitative estimate of drug-likeness (QED) is 0.695. The van der Waals surface area contributed by atoms with E-state index in [0.717, 1.165) is 5.56 Å². The van der Waals surface area contributed by atoms with E-state index in [1.54, 1.807) is 0 Å². The fourth-order valence-electron chi connectivity index (χ4n) is 2.41. The molecule has 0 aliphatic heterocycles. The van der Waals surface area contributed by atoms with Gasteiger partial charge in [-0.15, -0.1) is 0 Å². The smallest absolute Gasteiger partial charge is 0.258 e. The van der Waals surface area contributed by atoms with Crippen molar-refractivity contribution in [3.63, 3.8) is 0 Å². The number of carbonyl (C=O) groups excluding carboxylic acids is 1. The number of aromatic nitrogens is 2. The number of rotatable bonds is 7. The molecule has 1 heterocycles. The maximum Gasteiger partial charge on any atom is 0.258 e. The number of hydrogen-bond donors (Lipinski definition) is 1. The summed E-state index contributed by atoms with van der Waals surface area (Å²) in [5.74, 6) is -0.297. The molecule has 0 spiro atoms. The third-order valence-corrected chi connectivity index (χ3v) is 3.81. The van der Waals surface area contributed by atoms with Gasteiger partial charge in [0.1, 0.15) is 11.6 Å². The minimum absolute atomic E-state index is 0.189. The summed E-state index contributed by atoms with van der Waals surface area (Å²) in [4.78, 5) is 28.3. The Hall–Kier alpha value is -3.48. The molecule has 0 radical (unpaired) electrons. The summed E-state index contributed by atoms with van der Waals surface area (Å²) in [6, 6.07) is 16.3. The zero-order valence-electron chi connectivity index (χ0n) is 14.5. The largest absolute Gasteiger partial charge is 0.484 e. The molecule has 6 nitrogen and oxygen atoms in total. The van der Waals surface area contributed by atoms with Gasteiger partial charge in [0.2, 0.25) is 0 Å². The normalized spacial score (nSPS) is 10.4. The summed E-state index contributed by atoms with van der Waals surface area (Å²) in [6.45, 7) is 0.368. The highest BCUT2D eigenvalue weighted by Gasteiger charge is 2.05. The fraction of sp³-hybridized carbons (Fsp3) is 0.150. The van der Waals surface area contributed by atoms with Gasteiger partial charge in [0.05, 0.1) is 12.0 Å². The first-order valence-electron chi connectivity index (χ1n) is 8.39. The van der Waals surface area contributed by atoms with Crippen molar-refractivity contribution in [1.29, 1.82) is 0 Å². The Morgan fingerprint density at radius 2 is 1.85 bits per heavy atom. The second-order valence-corrected chi connectivity index (χ2v) is 5.76. The highest BCUT2D eigenvalue weighted by Crippen LogP contribution is 2.13. The molecule has 3 aromatic rings. The molecule has 2 aromatic carbocycles. The lowest BCUT2D eigenvalue weighted by Crippen LogP contribution is -2.33. The Morgan fingerprint density at radius 3 is 2.56 bits per heavy atom. The van der Waals surface area contributed by atoms with E-state index in [2.05, 4.69) is 10.3 Å². The summed E-state index contributed by atoms with van der Waals surface area (Å²) in [5.41, 5.74) is 1.28. The highest BCUT2D eigenvalue weighted by molar-refractivity contribution is 5.77. The van der Waals surface area contributed by atoms with Gasteiger partial charge in [-0.05, 0) is 24.3 Å². The van der Waals surface area contributed by atoms with E-state index < -0.39 is 0 Å². The number of benzene rings is 2. The maximum absolute atomic E-state index is 12.8. The predicted molar refractivity (Wildman–Crippen MR) is 98.8 cm³/mol. The van der Waals surface area contributed by atoms with Crippen molar-refractivity contribution in [1.82, 2.24) is 14.9 Å². The van der Waals surface area contributed by atoms with Crippen LogP contribution in [0.4, 0.5) is 4.39 Å². The first-order chi connectivity index (χ1) is 13.1. The topological polar surface area (TPSA) is 73.2 Å². The minimum Gasteiger partial charge on any atom is -0.484 e. The highest BCUT2D eigenvalue weighted by atomic mass is 19.1. The Morgan fingerprint density at radius 1 is 1.11 bits per heavy atom. The van der Waals surface area contributed by atoms with Crippen LogP contribution in [0.3, 0.4) is 0 Å². The van der Waals surface area contributed by atoms with Crippen molar-refractivity contribution >= 4 is 5.91 Å². The summed E-state index contributed by atoms with van der Waals surface area (Å²) >= 11 is 0. The standard InChI is InChI=1S/C20H18FN3O3/c21-16-6-8-17(9-7-16)27-13-19(25)22-10-11-24-14-23-18(12-20(24)26)15-4-2-1-3-5-15/h1-9,12,14H,10-11,13H2,(H,22,25). The number of amides is 1. The molecule has 0 fully saturated rings. The van der Waals surface area contributed by atoms with Crippen LogP contribution in [0.2, 0.25) is 0 Å². The molecule has 0 saturated carbocycles. The first kappa shape index (κ1) is 18.3. The van der Waals surface area contributed by atoms with Crippen molar-refractivity contribution in [2.75, 3.05) is 13.2 Å². The Labute approximate surface area is 155 Å². The number of carbonyl (C=O) groups is 1. The van der Waals surface area contributed by atoms with E-state index >= 15 is 0 Å². The Bertz CT molecular complexity index is 956. The Balaban J connectivity index is 1.48. The monoisotopic (exact) mass is 367 g/mol. The number of hydrogen-bond acceptors (Lipinski definition) is 4. The second kappa shape index (κ2) is 8.75. The van der Waals surface area contributed by atoms with Crippen LogP contribution in [0.1, 0.15) is 0 Å². The zero-order valence-corrected chi connectivity index (χ0v) is 14.5. The van der Waals surface area contributed by atoms with Crippen LogP contribution in [0, 0.1) is 5.82 Å². The van der Waals surface area contributed by atoms with Crippen LogP contribution in [-0.2, 0) is 11.3 Å². The van der Waals surface area contributed by atoms with Gasteiger partial charge in [-0.1, -0.05) is 30.3 Å². The van der Waals surface area contributed by atoms with Gasteiger partial charge in [-0.2, -0.15) is 0 Å². The van der Waals surface area contributed by atoms with Crippen LogP contribution in [-0.4, -0.2) is 28.6 Å². The van der Waals surface area contributed by atoms with Crippen molar-refractivity contribution in [3.05, 3.63) is 83.2 Å². The fourth-order valence-corrected chi connectivity index (χ4v) is 2.41. The molecule has 0 aliphatic carbocycles. The van der Waals surface area contributed by atoms with Crippen LogP contribution in [0.5, 0.6) is 5.75 Å². The first-order valence-corrected chi connectivity index (χ1v) is 8.39. The molecule has 3 rings (SSSR count). The molecule has 1 aromatic heterocycles. The molecule has 1 amide bonds. The molecule has 0 saturated heterocycles. The molecular weight excluding hydrogens is 349 g/mol. The maximum atomic E-state index is 12.8. The molecule has 27 heavy (non-hydrogen) atoms. The lowest BCUT2D eigenvalue weighted by Gasteiger charge is -2.09. The molecular formula is C20H18FN3O3. The van der Waals surface area contributed by atoms with Gasteiger partial charge >= 0.3 is 0 Å². The van der Waals surface area contributed by atoms with E-state index in [9.17, 15) is 14.0 Å². The van der Waals surface area contributed by atoms with Gasteiger partial charge in [0.15, 0.2) is 6.61 Å². The van der Waals surface area contributed by atoms with Crippen molar-refractivity contribution in [3.8, 4) is 17.0 Å². The lowest BCUT2D eigenvalue weighted by molar-refractivity contribution is -0.123. The van der Waals surface area contributed by atoms with Gasteiger partial charge in [-0.25, -0.2) is 9.37 Å². The van der Waals surface area contributed by atoms with Crippen LogP contribution in [0.15, 0.2) is 71.8 Å². The van der Waals surface area contributed by atoms with Gasteiger partial charge in [0.25, 0.3) is 11.5 Å². The van der Waals surface area contributed by atoms with E-state index in [-0.39, 0.29) is 30.4 Å². The van der Waals surface area contributed by atoms with Gasteiger partial charge in [-0.3, -0.25) is 14.2 Å². The summed E-state index contributed by atoms with van der Waals surface area (Å²) in [5, 5.41) is 2.66. The third-order valence-electron chi connectivity index (χ3n) is 3.81. The SMILES string of the molecule is O=C(COc1ccc(F)cc1)NCCn1cnc(-c2ccccc2)cc1=O. The predicted octanol–water partition coefficient (Wildman–Crippen LogP) is 2.24. The second-order valence-electron chi connectivity index (χ2n) is 5.76. The zero-order chi connectivity index (χ0) is 19.1. The van der Waals surface area contributed by atoms with Crippen LogP contribution in [0.25, 0.3) is 11.3 Å². The number of halogens is 1. The summed E-state index contributed by atoms with van der Waals surface area (Å²) in [6.07, 6.45) is 1.46. The number of ether oxygens (including phenoxy) is 1. The average Bonchev–Trinajstić information content (AvgIpc) is 2.69. The van der Waals surface area contributed by atoms with Gasteiger partial charge in [0, 0.05) is 24.7 Å². The van der Waals surface area contributed by atoms with E-state index in [1.165, 1.54) is 41.2 Å². The summed E-state index contributed by atoms with van der Waals surface area (Å²) in [7, 11) is 0. The van der Waals surface area contributed by atoms with Crippen molar-refractivity contribution in [2.24, 2.45) is 0 Å². The molecule has 0 bridgehead atoms. The summed E-state index contributed by atoms with van der Waals surface area (Å²) < 4.78 is 19.5. The minimum atomic E-state index is -0.371. The van der Waals surface area contributed by atoms with Crippen LogP contribution < -0.4 is 15.6 Å². The number of nitrogens with zero attached hydrogens (tertiary/aromatic N) is 2. The molecule has 138 valence electrons. The lowest BCUT2D eigenvalue weighted by atomic mass is 10.1.